The zero-order chi connectivity index (χ0) is 11.6. The lowest BCUT2D eigenvalue weighted by Gasteiger charge is -2.32. The van der Waals surface area contributed by atoms with Gasteiger partial charge in [0.05, 0.1) is 0 Å². The van der Waals surface area contributed by atoms with Gasteiger partial charge in [-0.05, 0) is 31.7 Å². The van der Waals surface area contributed by atoms with Gasteiger partial charge in [0.25, 0.3) is 0 Å². The van der Waals surface area contributed by atoms with Gasteiger partial charge < -0.3 is 5.32 Å². The molecule has 0 aromatic rings. The number of hydrogen-bond donors (Lipinski definition) is 1. The molecular weight excluding hydrogens is 194 g/mol. The lowest BCUT2D eigenvalue weighted by atomic mass is 9.81. The van der Waals surface area contributed by atoms with Crippen molar-refractivity contribution in [2.24, 2.45) is 5.92 Å². The summed E-state index contributed by atoms with van der Waals surface area (Å²) in [6.07, 6.45) is 14.5. The van der Waals surface area contributed by atoms with Crippen molar-refractivity contribution in [3.8, 4) is 0 Å². The zero-order valence-corrected chi connectivity index (χ0v) is 11.4. The molecule has 1 fully saturated rings. The maximum absolute atomic E-state index is 3.69. The summed E-state index contributed by atoms with van der Waals surface area (Å²) in [7, 11) is 0. The first-order valence-electron chi connectivity index (χ1n) is 7.61. The molecule has 1 aliphatic rings. The van der Waals surface area contributed by atoms with Gasteiger partial charge >= 0.3 is 0 Å². The van der Waals surface area contributed by atoms with E-state index in [2.05, 4.69) is 19.2 Å². The average Bonchev–Trinajstić information content (AvgIpc) is 2.31. The number of rotatable bonds is 8. The van der Waals surface area contributed by atoms with E-state index < -0.39 is 0 Å². The third kappa shape index (κ3) is 5.34. The summed E-state index contributed by atoms with van der Waals surface area (Å²) in [5.74, 6) is 0.982. The van der Waals surface area contributed by atoms with E-state index in [4.69, 9.17) is 0 Å². The van der Waals surface area contributed by atoms with Crippen LogP contribution in [-0.4, -0.2) is 12.6 Å². The maximum atomic E-state index is 3.69. The highest BCUT2D eigenvalue weighted by Gasteiger charge is 2.23. The van der Waals surface area contributed by atoms with E-state index in [1.54, 1.807) is 0 Å². The quantitative estimate of drug-likeness (QED) is 0.599. The predicted octanol–water partition coefficient (Wildman–Crippen LogP) is 4.52. The summed E-state index contributed by atoms with van der Waals surface area (Å²) in [6.45, 7) is 5.69. The van der Waals surface area contributed by atoms with Crippen molar-refractivity contribution in [3.05, 3.63) is 0 Å². The molecule has 0 amide bonds. The molecule has 1 heteroatoms. The fraction of sp³-hybridized carbons (Fsp3) is 1.00. The highest BCUT2D eigenvalue weighted by atomic mass is 14.9. The van der Waals surface area contributed by atoms with Crippen LogP contribution >= 0.6 is 0 Å². The highest BCUT2D eigenvalue weighted by Crippen LogP contribution is 2.28. The predicted molar refractivity (Wildman–Crippen MR) is 72.8 cm³/mol. The van der Waals surface area contributed by atoms with Crippen molar-refractivity contribution in [1.82, 2.24) is 5.32 Å². The Hall–Kier alpha value is -0.0400. The minimum absolute atomic E-state index is 0.838. The summed E-state index contributed by atoms with van der Waals surface area (Å²) in [4.78, 5) is 0. The molecule has 1 aliphatic carbocycles. The second-order valence-corrected chi connectivity index (χ2v) is 5.41. The molecule has 0 aliphatic heterocycles. The minimum Gasteiger partial charge on any atom is -0.314 e. The lowest BCUT2D eigenvalue weighted by Crippen LogP contribution is -2.38. The van der Waals surface area contributed by atoms with Gasteiger partial charge in [0.15, 0.2) is 0 Å². The summed E-state index contributed by atoms with van der Waals surface area (Å²) >= 11 is 0. The fourth-order valence-corrected chi connectivity index (χ4v) is 3.09. The smallest absolute Gasteiger partial charge is 0.00952 e. The molecule has 0 heterocycles. The van der Waals surface area contributed by atoms with Crippen LogP contribution in [0, 0.1) is 5.92 Å². The molecule has 1 nitrogen and oxygen atoms in total. The Morgan fingerprint density at radius 1 is 0.938 bits per heavy atom. The molecule has 1 N–H and O–H groups in total. The molecular formula is C15H31N. The third-order valence-electron chi connectivity index (χ3n) is 4.05. The third-order valence-corrected chi connectivity index (χ3v) is 4.05. The lowest BCUT2D eigenvalue weighted by molar-refractivity contribution is 0.246. The second-order valence-electron chi connectivity index (χ2n) is 5.41. The molecule has 16 heavy (non-hydrogen) atoms. The Balaban J connectivity index is 2.11. The van der Waals surface area contributed by atoms with E-state index >= 15 is 0 Å². The monoisotopic (exact) mass is 225 g/mol. The zero-order valence-electron chi connectivity index (χ0n) is 11.4. The van der Waals surface area contributed by atoms with Crippen LogP contribution in [0.1, 0.15) is 78.1 Å². The van der Waals surface area contributed by atoms with Gasteiger partial charge in [-0.1, -0.05) is 58.8 Å². The Kier molecular flexibility index (Phi) is 7.92. The molecule has 0 spiro atoms. The normalized spacial score (nSPS) is 25.9. The second kappa shape index (κ2) is 9.04. The first kappa shape index (κ1) is 14.0. The van der Waals surface area contributed by atoms with Crippen LogP contribution in [-0.2, 0) is 0 Å². The number of hydrogen-bond acceptors (Lipinski definition) is 1. The molecule has 0 saturated heterocycles. The molecule has 0 bridgehead atoms. The van der Waals surface area contributed by atoms with E-state index in [9.17, 15) is 0 Å². The van der Waals surface area contributed by atoms with Crippen LogP contribution < -0.4 is 5.32 Å². The van der Waals surface area contributed by atoms with Gasteiger partial charge in [-0.25, -0.2) is 0 Å². The standard InChI is InChI=1S/C15H31N/c1-3-5-6-7-8-11-14-12-9-10-13-15(14)16-4-2/h14-16H,3-13H2,1-2H3. The molecule has 96 valence electrons. The van der Waals surface area contributed by atoms with E-state index in [1.165, 1.54) is 64.2 Å². The van der Waals surface area contributed by atoms with Crippen LogP contribution in [0.25, 0.3) is 0 Å². The Bertz CT molecular complexity index is 154. The van der Waals surface area contributed by atoms with Gasteiger partial charge in [-0.2, -0.15) is 0 Å². The topological polar surface area (TPSA) is 12.0 Å². The summed E-state index contributed by atoms with van der Waals surface area (Å²) in [5.41, 5.74) is 0. The molecule has 2 atom stereocenters. The van der Waals surface area contributed by atoms with Gasteiger partial charge in [-0.15, -0.1) is 0 Å². The summed E-state index contributed by atoms with van der Waals surface area (Å²) < 4.78 is 0. The van der Waals surface area contributed by atoms with Gasteiger partial charge in [0, 0.05) is 6.04 Å². The first-order valence-corrected chi connectivity index (χ1v) is 7.61. The van der Waals surface area contributed by atoms with Crippen molar-refractivity contribution >= 4 is 0 Å². The summed E-state index contributed by atoms with van der Waals surface area (Å²) in [5, 5.41) is 3.69. The van der Waals surface area contributed by atoms with Crippen molar-refractivity contribution in [1.29, 1.82) is 0 Å². The molecule has 1 rings (SSSR count). The van der Waals surface area contributed by atoms with Crippen LogP contribution in [0.15, 0.2) is 0 Å². The van der Waals surface area contributed by atoms with E-state index in [1.807, 2.05) is 0 Å². The number of nitrogens with one attached hydrogen (secondary N) is 1. The first-order chi connectivity index (χ1) is 7.88. The SMILES string of the molecule is CCCCCCCC1CCCCC1NCC. The van der Waals surface area contributed by atoms with Crippen molar-refractivity contribution in [2.45, 2.75) is 84.1 Å². The molecule has 0 aromatic carbocycles. The molecule has 0 radical (unpaired) electrons. The Morgan fingerprint density at radius 3 is 2.44 bits per heavy atom. The van der Waals surface area contributed by atoms with Gasteiger partial charge in [0.2, 0.25) is 0 Å². The van der Waals surface area contributed by atoms with Crippen LogP contribution in [0.3, 0.4) is 0 Å². The van der Waals surface area contributed by atoms with Crippen LogP contribution in [0.5, 0.6) is 0 Å². The largest absolute Gasteiger partial charge is 0.314 e. The fourth-order valence-electron chi connectivity index (χ4n) is 3.09. The minimum atomic E-state index is 0.838. The van der Waals surface area contributed by atoms with Crippen molar-refractivity contribution < 1.29 is 0 Å². The number of unbranched alkanes of at least 4 members (excludes halogenated alkanes) is 4. The molecule has 2 unspecified atom stereocenters. The van der Waals surface area contributed by atoms with Gasteiger partial charge in [0.1, 0.15) is 0 Å². The van der Waals surface area contributed by atoms with Gasteiger partial charge in [-0.3, -0.25) is 0 Å². The summed E-state index contributed by atoms with van der Waals surface area (Å²) in [6, 6.07) is 0.838. The van der Waals surface area contributed by atoms with E-state index in [-0.39, 0.29) is 0 Å². The van der Waals surface area contributed by atoms with Crippen molar-refractivity contribution in [3.63, 3.8) is 0 Å². The van der Waals surface area contributed by atoms with Crippen LogP contribution in [0.4, 0.5) is 0 Å². The molecule has 0 aromatic heterocycles. The van der Waals surface area contributed by atoms with E-state index in [0.29, 0.717) is 0 Å². The highest BCUT2D eigenvalue weighted by molar-refractivity contribution is 4.80. The Morgan fingerprint density at radius 2 is 1.69 bits per heavy atom. The van der Waals surface area contributed by atoms with Crippen LogP contribution in [0.2, 0.25) is 0 Å². The maximum Gasteiger partial charge on any atom is 0.00952 e. The average molecular weight is 225 g/mol. The Labute approximate surface area is 102 Å². The van der Waals surface area contributed by atoms with E-state index in [0.717, 1.165) is 18.5 Å². The molecule has 1 saturated carbocycles. The van der Waals surface area contributed by atoms with Crippen molar-refractivity contribution in [2.75, 3.05) is 6.54 Å².